The summed E-state index contributed by atoms with van der Waals surface area (Å²) < 4.78 is 0.0601. The van der Waals surface area contributed by atoms with Gasteiger partial charge < -0.3 is 5.32 Å². The topological polar surface area (TPSA) is 146 Å². The molecule has 0 aliphatic heterocycles. The van der Waals surface area contributed by atoms with Crippen molar-refractivity contribution in [2.45, 2.75) is 0 Å². The maximum atomic E-state index is 10.9. The number of anilines is 1. The van der Waals surface area contributed by atoms with Crippen molar-refractivity contribution < 1.29 is 9.85 Å². The van der Waals surface area contributed by atoms with Gasteiger partial charge in [-0.05, 0) is 15.9 Å². The van der Waals surface area contributed by atoms with E-state index in [1.165, 1.54) is 0 Å². The lowest BCUT2D eigenvalue weighted by atomic mass is 10.2. The zero-order chi connectivity index (χ0) is 15.3. The second-order valence-corrected chi connectivity index (χ2v) is 4.12. The van der Waals surface area contributed by atoms with Crippen LogP contribution in [0.1, 0.15) is 0 Å². The first-order valence-corrected chi connectivity index (χ1v) is 5.59. The van der Waals surface area contributed by atoms with Crippen molar-refractivity contribution in [2.75, 3.05) is 5.32 Å². The van der Waals surface area contributed by atoms with Crippen LogP contribution in [0.25, 0.3) is 0 Å². The average Bonchev–Trinajstić information content (AvgIpc) is 2.40. The fraction of sp³-hybridized carbons (Fsp3) is 0. The van der Waals surface area contributed by atoms with Crippen molar-refractivity contribution in [1.82, 2.24) is 0 Å². The molecule has 0 atom stereocenters. The van der Waals surface area contributed by atoms with Gasteiger partial charge in [-0.25, -0.2) is 0 Å². The second kappa shape index (κ2) is 6.26. The fourth-order valence-electron chi connectivity index (χ4n) is 1.20. The molecule has 0 saturated carbocycles. The molecule has 0 aliphatic carbocycles. The van der Waals surface area contributed by atoms with E-state index in [1.807, 2.05) is 0 Å². The Balaban J connectivity index is 3.37. The molecule has 9 nitrogen and oxygen atoms in total. The van der Waals surface area contributed by atoms with Gasteiger partial charge >= 0.3 is 5.69 Å². The maximum absolute atomic E-state index is 10.9. The highest BCUT2D eigenvalue weighted by Gasteiger charge is 2.22. The Bertz CT molecular complexity index is 685. The molecule has 100 valence electrons. The molecular formula is C10H4BrN5O4. The van der Waals surface area contributed by atoms with Gasteiger partial charge in [0.1, 0.15) is 23.4 Å². The lowest BCUT2D eigenvalue weighted by molar-refractivity contribution is -0.393. The molecule has 1 aromatic rings. The zero-order valence-corrected chi connectivity index (χ0v) is 11.1. The molecule has 0 spiro atoms. The molecule has 0 unspecified atom stereocenters. The molecule has 0 aromatic heterocycles. The van der Waals surface area contributed by atoms with Crippen molar-refractivity contribution >= 4 is 33.0 Å². The van der Waals surface area contributed by atoms with Crippen LogP contribution in [-0.2, 0) is 0 Å². The number of hydrogen-bond donors (Lipinski definition) is 1. The number of nitriles is 2. The Kier molecular flexibility index (Phi) is 4.72. The van der Waals surface area contributed by atoms with Gasteiger partial charge in [0.05, 0.1) is 20.4 Å². The summed E-state index contributed by atoms with van der Waals surface area (Å²) in [5.74, 6) is 0. The number of allylic oxidation sites excluding steroid dienone is 1. The summed E-state index contributed by atoms with van der Waals surface area (Å²) in [6.45, 7) is 0. The first-order chi connectivity index (χ1) is 9.40. The number of nitrogens with one attached hydrogen (secondary N) is 1. The number of nitrogens with zero attached hydrogens (tertiary/aromatic N) is 4. The monoisotopic (exact) mass is 337 g/mol. The minimum atomic E-state index is -0.813. The van der Waals surface area contributed by atoms with Gasteiger partial charge in [-0.15, -0.1) is 0 Å². The molecule has 0 bridgehead atoms. The lowest BCUT2D eigenvalue weighted by Crippen LogP contribution is -2.00. The molecule has 0 amide bonds. The van der Waals surface area contributed by atoms with Gasteiger partial charge in [0.25, 0.3) is 5.69 Å². The largest absolute Gasteiger partial charge is 0.353 e. The van der Waals surface area contributed by atoms with E-state index in [0.717, 1.165) is 18.3 Å². The molecule has 1 N–H and O–H groups in total. The molecule has 0 radical (unpaired) electrons. The predicted molar refractivity (Wildman–Crippen MR) is 70.4 cm³/mol. The summed E-state index contributed by atoms with van der Waals surface area (Å²) in [6.07, 6.45) is 0.971. The van der Waals surface area contributed by atoms with E-state index in [-0.39, 0.29) is 15.7 Å². The number of non-ortho nitro benzene ring substituents is 1. The average molecular weight is 338 g/mol. The van der Waals surface area contributed by atoms with Gasteiger partial charge in [-0.3, -0.25) is 20.2 Å². The number of hydrogen-bond acceptors (Lipinski definition) is 7. The third-order valence-electron chi connectivity index (χ3n) is 2.06. The van der Waals surface area contributed by atoms with Crippen LogP contribution < -0.4 is 5.32 Å². The highest BCUT2D eigenvalue weighted by Crippen LogP contribution is 2.36. The normalized spacial score (nSPS) is 8.95. The smallest absolute Gasteiger partial charge is 0.300 e. The van der Waals surface area contributed by atoms with E-state index in [2.05, 4.69) is 21.2 Å². The minimum absolute atomic E-state index is 0.0601. The van der Waals surface area contributed by atoms with Crippen LogP contribution in [0.5, 0.6) is 0 Å². The van der Waals surface area contributed by atoms with Crippen LogP contribution in [0.4, 0.5) is 17.1 Å². The van der Waals surface area contributed by atoms with Crippen LogP contribution in [0.15, 0.2) is 28.4 Å². The molecule has 10 heteroatoms. The van der Waals surface area contributed by atoms with Crippen molar-refractivity contribution in [2.24, 2.45) is 0 Å². The van der Waals surface area contributed by atoms with Crippen LogP contribution in [0, 0.1) is 42.9 Å². The lowest BCUT2D eigenvalue weighted by Gasteiger charge is -2.05. The third kappa shape index (κ3) is 3.28. The Morgan fingerprint density at radius 1 is 1.25 bits per heavy atom. The summed E-state index contributed by atoms with van der Waals surface area (Å²) in [6, 6.07) is 4.98. The highest BCUT2D eigenvalue weighted by atomic mass is 79.9. The predicted octanol–water partition coefficient (Wildman–Crippen LogP) is 2.61. The summed E-state index contributed by atoms with van der Waals surface area (Å²) in [4.78, 5) is 20.0. The SMILES string of the molecule is N#CC(C#N)=CNc1c(Br)cc([N+](=O)[O-])cc1[N+](=O)[O-]. The molecule has 0 fully saturated rings. The summed E-state index contributed by atoms with van der Waals surface area (Å²) >= 11 is 2.96. The first-order valence-electron chi connectivity index (χ1n) is 4.80. The molecule has 1 aromatic carbocycles. The Morgan fingerprint density at radius 3 is 2.30 bits per heavy atom. The summed E-state index contributed by atoms with van der Waals surface area (Å²) in [5, 5.41) is 41.1. The number of halogens is 1. The van der Waals surface area contributed by atoms with Crippen molar-refractivity contribution in [3.05, 3.63) is 48.6 Å². The number of nitro benzene ring substituents is 2. The van der Waals surface area contributed by atoms with E-state index in [0.29, 0.717) is 0 Å². The van der Waals surface area contributed by atoms with Gasteiger partial charge in [0.2, 0.25) is 0 Å². The van der Waals surface area contributed by atoms with E-state index in [9.17, 15) is 20.2 Å². The van der Waals surface area contributed by atoms with Gasteiger partial charge in [-0.2, -0.15) is 10.5 Å². The van der Waals surface area contributed by atoms with E-state index >= 15 is 0 Å². The van der Waals surface area contributed by atoms with E-state index < -0.39 is 21.2 Å². The molecule has 0 aliphatic rings. The summed E-state index contributed by atoms with van der Waals surface area (Å²) in [7, 11) is 0. The van der Waals surface area contributed by atoms with Crippen molar-refractivity contribution in [1.29, 1.82) is 10.5 Å². The Morgan fingerprint density at radius 2 is 1.85 bits per heavy atom. The van der Waals surface area contributed by atoms with Gasteiger partial charge in [0.15, 0.2) is 0 Å². The zero-order valence-electron chi connectivity index (χ0n) is 9.53. The number of rotatable bonds is 4. The van der Waals surface area contributed by atoms with E-state index in [1.54, 1.807) is 12.1 Å². The van der Waals surface area contributed by atoms with Crippen LogP contribution in [-0.4, -0.2) is 9.85 Å². The van der Waals surface area contributed by atoms with Gasteiger partial charge in [-0.1, -0.05) is 0 Å². The first kappa shape index (κ1) is 15.1. The quantitative estimate of drug-likeness (QED) is 0.504. The number of benzene rings is 1. The molecular weight excluding hydrogens is 334 g/mol. The van der Waals surface area contributed by atoms with Crippen LogP contribution >= 0.6 is 15.9 Å². The van der Waals surface area contributed by atoms with Crippen molar-refractivity contribution in [3.63, 3.8) is 0 Å². The maximum Gasteiger partial charge on any atom is 0.300 e. The third-order valence-corrected chi connectivity index (χ3v) is 2.69. The second-order valence-electron chi connectivity index (χ2n) is 3.26. The van der Waals surface area contributed by atoms with Crippen LogP contribution in [0.3, 0.4) is 0 Å². The van der Waals surface area contributed by atoms with Gasteiger partial charge in [0, 0.05) is 12.3 Å². The Labute approximate surface area is 120 Å². The molecule has 0 saturated heterocycles. The standard InChI is InChI=1S/C10H4BrN5O4/c11-8-1-7(15(17)18)2-9(16(19)20)10(8)14-5-6(3-12)4-13/h1-2,5,14H. The molecule has 20 heavy (non-hydrogen) atoms. The molecule has 1 rings (SSSR count). The van der Waals surface area contributed by atoms with Crippen LogP contribution in [0.2, 0.25) is 0 Å². The fourth-order valence-corrected chi connectivity index (χ4v) is 1.76. The minimum Gasteiger partial charge on any atom is -0.353 e. The van der Waals surface area contributed by atoms with Crippen molar-refractivity contribution in [3.8, 4) is 12.1 Å². The molecule has 0 heterocycles. The van der Waals surface area contributed by atoms with E-state index in [4.69, 9.17) is 10.5 Å². The number of nitro groups is 2. The highest BCUT2D eigenvalue weighted by molar-refractivity contribution is 9.10. The Hall–Kier alpha value is -2.98. The summed E-state index contributed by atoms with van der Waals surface area (Å²) in [5.41, 5.74) is -1.41.